The molecule has 0 fully saturated rings. The van der Waals surface area contributed by atoms with Crippen molar-refractivity contribution in [3.63, 3.8) is 0 Å². The zero-order valence-corrected chi connectivity index (χ0v) is 20.2. The molecule has 6 rings (SSSR count). The van der Waals surface area contributed by atoms with Crippen LogP contribution in [0.15, 0.2) is 103 Å². The number of H-pyrrole nitrogens is 2. The van der Waals surface area contributed by atoms with Crippen molar-refractivity contribution in [2.24, 2.45) is 0 Å². The molecule has 4 aromatic carbocycles. The van der Waals surface area contributed by atoms with Crippen LogP contribution in [0.4, 0.5) is 0 Å². The van der Waals surface area contributed by atoms with Crippen LogP contribution >= 0.6 is 23.0 Å². The molecular weight excluding hydrogens is 535 g/mol. The number of nitrogens with one attached hydrogen (secondary N) is 2. The summed E-state index contributed by atoms with van der Waals surface area (Å²) in [6.45, 7) is 0. The maximum absolute atomic E-state index is 5.34. The van der Waals surface area contributed by atoms with Gasteiger partial charge in [0.1, 0.15) is 17.4 Å². The number of imidazole rings is 2. The molecule has 2 N–H and O–H groups in total. The Balaban J connectivity index is 1.52. The number of aromatic amines is 2. The lowest BCUT2D eigenvalue weighted by Gasteiger charge is -2.04. The van der Waals surface area contributed by atoms with Crippen LogP contribution in [0, 0.1) is 0 Å². The maximum Gasteiger partial charge on any atom is 0.192 e. The Hall–Kier alpha value is -3.91. The molecule has 2 aromatic heterocycles. The number of halogens is 1. The topological polar surface area (TPSA) is 66.6 Å². The summed E-state index contributed by atoms with van der Waals surface area (Å²) >= 11 is 1.89. The Labute approximate surface area is 210 Å². The molecule has 0 spiro atoms. The van der Waals surface area contributed by atoms with Crippen LogP contribution < -0.4 is 3.07 Å². The molecule has 6 aromatic rings. The second kappa shape index (κ2) is 8.79. The third-order valence-electron chi connectivity index (χ3n) is 5.79. The van der Waals surface area contributed by atoms with E-state index in [4.69, 9.17) is 13.0 Å². The molecule has 0 aliphatic carbocycles. The van der Waals surface area contributed by atoms with Crippen molar-refractivity contribution in [1.29, 1.82) is 0 Å². The van der Waals surface area contributed by atoms with E-state index in [0.717, 1.165) is 62.1 Å². The van der Waals surface area contributed by atoms with Gasteiger partial charge in [-0.1, -0.05) is 84.9 Å². The first kappa shape index (κ1) is 20.7. The van der Waals surface area contributed by atoms with Crippen LogP contribution in [-0.2, 0) is 0 Å². The monoisotopic (exact) mass is 554 g/mol. The van der Waals surface area contributed by atoms with Gasteiger partial charge in [0.15, 0.2) is 23.0 Å². The smallest absolute Gasteiger partial charge is 0.192 e. The van der Waals surface area contributed by atoms with E-state index in [0.29, 0.717) is 0 Å². The highest BCUT2D eigenvalue weighted by Crippen LogP contribution is 2.36. The molecule has 0 aliphatic rings. The molecule has 2 heterocycles. The third kappa shape index (κ3) is 3.76. The van der Waals surface area contributed by atoms with Crippen molar-refractivity contribution in [1.82, 2.24) is 19.9 Å². The number of aromatic nitrogens is 4. The van der Waals surface area contributed by atoms with E-state index in [1.165, 1.54) is 0 Å². The predicted molar refractivity (Wildman–Crippen MR) is 145 cm³/mol. The van der Waals surface area contributed by atoms with Crippen LogP contribution in [0.5, 0.6) is 5.75 Å². The molecule has 0 amide bonds. The summed E-state index contributed by atoms with van der Waals surface area (Å²) in [5.41, 5.74) is 7.83. The van der Waals surface area contributed by atoms with Crippen LogP contribution in [0.25, 0.3) is 56.3 Å². The molecule has 0 saturated heterocycles. The number of hydrogen-bond acceptors (Lipinski definition) is 3. The summed E-state index contributed by atoms with van der Waals surface area (Å²) < 4.78 is 5.34. The summed E-state index contributed by atoms with van der Waals surface area (Å²) in [5.74, 6) is 2.36. The first-order valence-corrected chi connectivity index (χ1v) is 11.8. The minimum atomic E-state index is 0.780. The van der Waals surface area contributed by atoms with Gasteiger partial charge in [-0.2, -0.15) is 0 Å². The highest BCUT2D eigenvalue weighted by atomic mass is 127. The van der Waals surface area contributed by atoms with Crippen LogP contribution in [0.2, 0.25) is 0 Å². The van der Waals surface area contributed by atoms with Gasteiger partial charge in [-0.3, -0.25) is 0 Å². The Morgan fingerprint density at radius 1 is 0.618 bits per heavy atom. The van der Waals surface area contributed by atoms with Gasteiger partial charge in [0.05, 0.1) is 22.4 Å². The van der Waals surface area contributed by atoms with Gasteiger partial charge < -0.3 is 13.0 Å². The summed E-state index contributed by atoms with van der Waals surface area (Å²) in [6.07, 6.45) is 0. The predicted octanol–water partition coefficient (Wildman–Crippen LogP) is 7.68. The van der Waals surface area contributed by atoms with Crippen LogP contribution in [-0.4, -0.2) is 19.9 Å². The maximum atomic E-state index is 5.34. The quantitative estimate of drug-likeness (QED) is 0.215. The van der Waals surface area contributed by atoms with Gasteiger partial charge in [0.25, 0.3) is 0 Å². The van der Waals surface area contributed by atoms with E-state index in [1.54, 1.807) is 0 Å². The van der Waals surface area contributed by atoms with Crippen molar-refractivity contribution in [3.05, 3.63) is 103 Å². The van der Waals surface area contributed by atoms with Crippen LogP contribution in [0.1, 0.15) is 0 Å². The zero-order valence-electron chi connectivity index (χ0n) is 18.0. The van der Waals surface area contributed by atoms with Crippen molar-refractivity contribution in [2.45, 2.75) is 0 Å². The summed E-state index contributed by atoms with van der Waals surface area (Å²) in [4.78, 5) is 17.0. The van der Waals surface area contributed by atoms with Crippen molar-refractivity contribution in [3.8, 4) is 51.0 Å². The van der Waals surface area contributed by atoms with Crippen LogP contribution in [0.3, 0.4) is 0 Å². The number of nitrogens with zero attached hydrogens (tertiary/aromatic N) is 2. The first-order chi connectivity index (χ1) is 16.8. The Bertz CT molecular complexity index is 1530. The fraction of sp³-hybridized carbons (Fsp3) is 0. The zero-order chi connectivity index (χ0) is 22.9. The normalized spacial score (nSPS) is 11.1. The molecule has 0 unspecified atom stereocenters. The lowest BCUT2D eigenvalue weighted by molar-refractivity contribution is 0.718. The lowest BCUT2D eigenvalue weighted by Crippen LogP contribution is -1.88. The molecule has 0 radical (unpaired) electrons. The molecule has 0 saturated carbocycles. The van der Waals surface area contributed by atoms with Gasteiger partial charge in [-0.25, -0.2) is 9.97 Å². The van der Waals surface area contributed by atoms with Gasteiger partial charge in [0, 0.05) is 28.3 Å². The van der Waals surface area contributed by atoms with E-state index >= 15 is 0 Å². The number of fused-ring (bicyclic) bond motifs is 1. The van der Waals surface area contributed by atoms with E-state index in [-0.39, 0.29) is 0 Å². The molecule has 6 heteroatoms. The molecule has 5 nitrogen and oxygen atoms in total. The minimum Gasteiger partial charge on any atom is -0.428 e. The summed E-state index contributed by atoms with van der Waals surface area (Å²) in [7, 11) is 0. The lowest BCUT2D eigenvalue weighted by atomic mass is 10.1. The Kier molecular flexibility index (Phi) is 5.35. The van der Waals surface area contributed by atoms with E-state index in [1.807, 2.05) is 89.7 Å². The minimum absolute atomic E-state index is 0.780. The van der Waals surface area contributed by atoms with E-state index < -0.39 is 0 Å². The van der Waals surface area contributed by atoms with Gasteiger partial charge in [0.2, 0.25) is 0 Å². The number of hydrogen-bond donors (Lipinski definition) is 2. The summed E-state index contributed by atoms with van der Waals surface area (Å²) in [5, 5.41) is 0. The highest BCUT2D eigenvalue weighted by Gasteiger charge is 2.18. The van der Waals surface area contributed by atoms with Crippen molar-refractivity contribution >= 4 is 34.0 Å². The van der Waals surface area contributed by atoms with E-state index in [2.05, 4.69) is 46.4 Å². The molecule has 0 aliphatic heterocycles. The molecule has 34 heavy (non-hydrogen) atoms. The average Bonchev–Trinajstić information content (AvgIpc) is 3.54. The second-order valence-electron chi connectivity index (χ2n) is 7.93. The SMILES string of the molecule is IOc1ccc2nc(-c3ccccc3-c3nc(-c4ccccc4)c(-c4ccccc4)[nH]3)[nH]c2c1. The Morgan fingerprint density at radius 2 is 1.24 bits per heavy atom. The molecular formula is C28H19IN4O. The Morgan fingerprint density at radius 3 is 1.91 bits per heavy atom. The first-order valence-electron chi connectivity index (χ1n) is 10.9. The second-order valence-corrected chi connectivity index (χ2v) is 8.37. The number of rotatable bonds is 5. The van der Waals surface area contributed by atoms with Gasteiger partial charge >= 0.3 is 0 Å². The molecule has 164 valence electrons. The summed E-state index contributed by atoms with van der Waals surface area (Å²) in [6, 6.07) is 34.6. The largest absolute Gasteiger partial charge is 0.428 e. The molecule has 0 bridgehead atoms. The van der Waals surface area contributed by atoms with Gasteiger partial charge in [-0.15, -0.1) is 0 Å². The number of benzene rings is 4. The average molecular weight is 554 g/mol. The third-order valence-corrected chi connectivity index (χ3v) is 6.30. The van der Waals surface area contributed by atoms with Crippen molar-refractivity contribution < 1.29 is 3.07 Å². The fourth-order valence-electron chi connectivity index (χ4n) is 4.18. The van der Waals surface area contributed by atoms with E-state index in [9.17, 15) is 0 Å². The van der Waals surface area contributed by atoms with Crippen molar-refractivity contribution in [2.75, 3.05) is 0 Å². The molecule has 0 atom stereocenters. The highest BCUT2D eigenvalue weighted by molar-refractivity contribution is 14.1. The van der Waals surface area contributed by atoms with Gasteiger partial charge in [-0.05, 0) is 12.1 Å². The standard InChI is InChI=1S/C28H19IN4O/c29-34-20-15-16-23-24(17-20)31-27(30-23)21-13-7-8-14-22(21)28-32-25(18-9-3-1-4-10-18)26(33-28)19-11-5-2-6-12-19/h1-17H,(H,30,31)(H,32,33). The fourth-order valence-corrected chi connectivity index (χ4v) is 4.45.